The fraction of sp³-hybridized carbons (Fsp3) is 1.00. The summed E-state index contributed by atoms with van der Waals surface area (Å²) in [5.41, 5.74) is 5.96. The van der Waals surface area contributed by atoms with E-state index in [1.54, 1.807) is 0 Å². The Balaban J connectivity index is 2.05. The van der Waals surface area contributed by atoms with Crippen LogP contribution >= 0.6 is 11.8 Å². The fourth-order valence-electron chi connectivity index (χ4n) is 1.74. The average Bonchev–Trinajstić information content (AvgIpc) is 2.15. The molecule has 2 unspecified atom stereocenters. The summed E-state index contributed by atoms with van der Waals surface area (Å²) in [4.78, 5) is 0. The largest absolute Gasteiger partial charge is 0.376 e. The van der Waals surface area contributed by atoms with Crippen LogP contribution in [0.25, 0.3) is 0 Å². The molecular weight excluding hydrogens is 182 g/mol. The van der Waals surface area contributed by atoms with Crippen LogP contribution < -0.4 is 5.73 Å². The second kappa shape index (κ2) is 6.68. The molecule has 1 aliphatic carbocycles. The summed E-state index contributed by atoms with van der Waals surface area (Å²) in [5, 5.41) is 0. The van der Waals surface area contributed by atoms with Gasteiger partial charge in [-0.25, -0.2) is 0 Å². The molecular formula is C10H21NOS. The minimum Gasteiger partial charge on any atom is -0.376 e. The highest BCUT2D eigenvalue weighted by atomic mass is 32.2. The van der Waals surface area contributed by atoms with Gasteiger partial charge in [-0.3, -0.25) is 0 Å². The van der Waals surface area contributed by atoms with Crippen LogP contribution in [0.4, 0.5) is 0 Å². The Hall–Kier alpha value is 0.270. The van der Waals surface area contributed by atoms with Crippen LogP contribution in [0.2, 0.25) is 0 Å². The lowest BCUT2D eigenvalue weighted by Gasteiger charge is -2.28. The quantitative estimate of drug-likeness (QED) is 0.694. The van der Waals surface area contributed by atoms with E-state index in [1.807, 2.05) is 11.8 Å². The second-order valence-electron chi connectivity index (χ2n) is 3.55. The third kappa shape index (κ3) is 4.34. The molecule has 1 rings (SSSR count). The van der Waals surface area contributed by atoms with Crippen LogP contribution in [0, 0.1) is 0 Å². The van der Waals surface area contributed by atoms with Crippen molar-refractivity contribution >= 4 is 11.8 Å². The SMILES string of the molecule is CCSCCOC1CCCCC1N. The molecule has 13 heavy (non-hydrogen) atoms. The Morgan fingerprint density at radius 2 is 2.15 bits per heavy atom. The van der Waals surface area contributed by atoms with E-state index in [9.17, 15) is 0 Å². The average molecular weight is 203 g/mol. The van der Waals surface area contributed by atoms with Gasteiger partial charge in [-0.05, 0) is 18.6 Å². The molecule has 1 fully saturated rings. The van der Waals surface area contributed by atoms with Crippen molar-refractivity contribution in [2.45, 2.75) is 44.8 Å². The van der Waals surface area contributed by atoms with Crippen LogP contribution in [0.3, 0.4) is 0 Å². The zero-order valence-corrected chi connectivity index (χ0v) is 9.31. The molecule has 2 N–H and O–H groups in total. The molecule has 1 aliphatic rings. The van der Waals surface area contributed by atoms with Crippen molar-refractivity contribution in [3.8, 4) is 0 Å². The van der Waals surface area contributed by atoms with Crippen LogP contribution in [-0.4, -0.2) is 30.3 Å². The molecule has 0 aromatic rings. The van der Waals surface area contributed by atoms with Gasteiger partial charge in [0.25, 0.3) is 0 Å². The maximum atomic E-state index is 5.96. The van der Waals surface area contributed by atoms with E-state index in [4.69, 9.17) is 10.5 Å². The van der Waals surface area contributed by atoms with Gasteiger partial charge >= 0.3 is 0 Å². The Morgan fingerprint density at radius 3 is 2.85 bits per heavy atom. The van der Waals surface area contributed by atoms with Gasteiger partial charge in [0.1, 0.15) is 0 Å². The molecule has 0 radical (unpaired) electrons. The predicted molar refractivity (Wildman–Crippen MR) is 59.2 cm³/mol. The van der Waals surface area contributed by atoms with Crippen molar-refractivity contribution in [1.29, 1.82) is 0 Å². The monoisotopic (exact) mass is 203 g/mol. The smallest absolute Gasteiger partial charge is 0.0726 e. The van der Waals surface area contributed by atoms with Gasteiger partial charge in [-0.1, -0.05) is 19.8 Å². The number of hydrogen-bond acceptors (Lipinski definition) is 3. The molecule has 0 saturated heterocycles. The Labute approximate surface area is 85.6 Å². The lowest BCUT2D eigenvalue weighted by molar-refractivity contribution is 0.0244. The van der Waals surface area contributed by atoms with Gasteiger partial charge in [0.05, 0.1) is 12.7 Å². The second-order valence-corrected chi connectivity index (χ2v) is 4.95. The van der Waals surface area contributed by atoms with E-state index >= 15 is 0 Å². The number of rotatable bonds is 5. The van der Waals surface area contributed by atoms with Crippen molar-refractivity contribution in [2.75, 3.05) is 18.1 Å². The van der Waals surface area contributed by atoms with Gasteiger partial charge in [-0.15, -0.1) is 0 Å². The van der Waals surface area contributed by atoms with Crippen molar-refractivity contribution in [2.24, 2.45) is 5.73 Å². The lowest BCUT2D eigenvalue weighted by Crippen LogP contribution is -2.39. The molecule has 0 aliphatic heterocycles. The van der Waals surface area contributed by atoms with Gasteiger partial charge < -0.3 is 10.5 Å². The van der Waals surface area contributed by atoms with Crippen LogP contribution in [0.15, 0.2) is 0 Å². The van der Waals surface area contributed by atoms with Gasteiger partial charge in [0.2, 0.25) is 0 Å². The maximum Gasteiger partial charge on any atom is 0.0726 e. The van der Waals surface area contributed by atoms with E-state index in [1.165, 1.54) is 18.6 Å². The number of hydrogen-bond donors (Lipinski definition) is 1. The van der Waals surface area contributed by atoms with Crippen molar-refractivity contribution in [3.05, 3.63) is 0 Å². The molecule has 78 valence electrons. The summed E-state index contributed by atoms with van der Waals surface area (Å²) in [6.07, 6.45) is 5.22. The van der Waals surface area contributed by atoms with E-state index in [0.29, 0.717) is 12.1 Å². The maximum absolute atomic E-state index is 5.96. The zero-order valence-electron chi connectivity index (χ0n) is 8.50. The Morgan fingerprint density at radius 1 is 1.38 bits per heavy atom. The first-order chi connectivity index (χ1) is 6.34. The van der Waals surface area contributed by atoms with E-state index < -0.39 is 0 Å². The third-order valence-corrected chi connectivity index (χ3v) is 3.38. The molecule has 0 amide bonds. The molecule has 1 saturated carbocycles. The topological polar surface area (TPSA) is 35.2 Å². The molecule has 0 bridgehead atoms. The minimum absolute atomic E-state index is 0.292. The summed E-state index contributed by atoms with van der Waals surface area (Å²) >= 11 is 1.93. The van der Waals surface area contributed by atoms with Crippen molar-refractivity contribution in [3.63, 3.8) is 0 Å². The number of nitrogens with two attached hydrogens (primary N) is 1. The van der Waals surface area contributed by atoms with Gasteiger partial charge in [0.15, 0.2) is 0 Å². The summed E-state index contributed by atoms with van der Waals surface area (Å²) in [5.74, 6) is 2.29. The van der Waals surface area contributed by atoms with E-state index in [0.717, 1.165) is 25.2 Å². The Bertz CT molecular complexity index is 132. The highest BCUT2D eigenvalue weighted by Crippen LogP contribution is 2.19. The van der Waals surface area contributed by atoms with E-state index in [2.05, 4.69) is 6.92 Å². The summed E-state index contributed by atoms with van der Waals surface area (Å²) in [6, 6.07) is 0.292. The predicted octanol–water partition coefficient (Wildman–Crippen LogP) is 2.03. The van der Waals surface area contributed by atoms with Crippen LogP contribution in [-0.2, 0) is 4.74 Å². The highest BCUT2D eigenvalue weighted by molar-refractivity contribution is 7.99. The zero-order chi connectivity index (χ0) is 9.52. The first kappa shape index (κ1) is 11.3. The first-order valence-electron chi connectivity index (χ1n) is 5.29. The summed E-state index contributed by atoms with van der Waals surface area (Å²) in [7, 11) is 0. The number of thioether (sulfide) groups is 1. The van der Waals surface area contributed by atoms with Gasteiger partial charge in [0, 0.05) is 11.8 Å². The lowest BCUT2D eigenvalue weighted by atomic mass is 9.93. The third-order valence-electron chi connectivity index (χ3n) is 2.52. The van der Waals surface area contributed by atoms with Gasteiger partial charge in [-0.2, -0.15) is 11.8 Å². The molecule has 0 aromatic carbocycles. The van der Waals surface area contributed by atoms with Crippen molar-refractivity contribution in [1.82, 2.24) is 0 Å². The van der Waals surface area contributed by atoms with Crippen molar-refractivity contribution < 1.29 is 4.74 Å². The molecule has 3 heteroatoms. The van der Waals surface area contributed by atoms with Crippen LogP contribution in [0.1, 0.15) is 32.6 Å². The minimum atomic E-state index is 0.292. The molecule has 2 nitrogen and oxygen atoms in total. The standard InChI is InChI=1S/C10H21NOS/c1-2-13-8-7-12-10-6-4-3-5-9(10)11/h9-10H,2-8,11H2,1H3. The Kier molecular flexibility index (Phi) is 5.83. The summed E-state index contributed by atoms with van der Waals surface area (Å²) < 4.78 is 5.75. The molecule has 0 spiro atoms. The molecule has 2 atom stereocenters. The van der Waals surface area contributed by atoms with Crippen LogP contribution in [0.5, 0.6) is 0 Å². The number of ether oxygens (including phenoxy) is 1. The molecule has 0 heterocycles. The highest BCUT2D eigenvalue weighted by Gasteiger charge is 2.21. The van der Waals surface area contributed by atoms with E-state index in [-0.39, 0.29) is 0 Å². The summed E-state index contributed by atoms with van der Waals surface area (Å²) in [6.45, 7) is 3.05. The molecule has 0 aromatic heterocycles. The fourth-order valence-corrected chi connectivity index (χ4v) is 2.24. The normalized spacial score (nSPS) is 29.1. The first-order valence-corrected chi connectivity index (χ1v) is 6.45.